The Balaban J connectivity index is 2.27. The minimum atomic E-state index is 0.463. The summed E-state index contributed by atoms with van der Waals surface area (Å²) >= 11 is 0. The van der Waals surface area contributed by atoms with Crippen LogP contribution in [0.1, 0.15) is 26.2 Å². The SMILES string of the molecule is CCCCCn1cnc2ccc(N=O)cc21. The zero-order valence-electron chi connectivity index (χ0n) is 9.39. The lowest BCUT2D eigenvalue weighted by Crippen LogP contribution is -1.95. The molecule has 2 aromatic rings. The number of rotatable bonds is 5. The summed E-state index contributed by atoms with van der Waals surface area (Å²) < 4.78 is 2.08. The van der Waals surface area contributed by atoms with Gasteiger partial charge in [0.05, 0.1) is 17.4 Å². The number of aromatic nitrogens is 2. The molecule has 84 valence electrons. The van der Waals surface area contributed by atoms with E-state index in [1.54, 1.807) is 12.1 Å². The summed E-state index contributed by atoms with van der Waals surface area (Å²) in [7, 11) is 0. The summed E-state index contributed by atoms with van der Waals surface area (Å²) in [6.07, 6.45) is 5.38. The number of nitrogens with zero attached hydrogens (tertiary/aromatic N) is 3. The van der Waals surface area contributed by atoms with Gasteiger partial charge in [-0.05, 0) is 29.8 Å². The minimum Gasteiger partial charge on any atom is -0.331 e. The summed E-state index contributed by atoms with van der Waals surface area (Å²) in [4.78, 5) is 14.8. The van der Waals surface area contributed by atoms with E-state index < -0.39 is 0 Å². The lowest BCUT2D eigenvalue weighted by Gasteiger charge is -2.03. The molecule has 16 heavy (non-hydrogen) atoms. The third kappa shape index (κ3) is 2.10. The van der Waals surface area contributed by atoms with E-state index in [1.165, 1.54) is 12.8 Å². The van der Waals surface area contributed by atoms with Crippen LogP contribution in [0, 0.1) is 4.91 Å². The van der Waals surface area contributed by atoms with E-state index in [0.29, 0.717) is 5.69 Å². The first-order chi connectivity index (χ1) is 7.85. The van der Waals surface area contributed by atoms with Crippen molar-refractivity contribution in [3.8, 4) is 0 Å². The molecule has 0 amide bonds. The van der Waals surface area contributed by atoms with E-state index in [9.17, 15) is 4.91 Å². The van der Waals surface area contributed by atoms with Gasteiger partial charge in [-0.15, -0.1) is 4.91 Å². The fraction of sp³-hybridized carbons (Fsp3) is 0.417. The smallest absolute Gasteiger partial charge is 0.110 e. The highest BCUT2D eigenvalue weighted by Crippen LogP contribution is 2.20. The van der Waals surface area contributed by atoms with Gasteiger partial charge in [-0.25, -0.2) is 4.98 Å². The Hall–Kier alpha value is -1.71. The lowest BCUT2D eigenvalue weighted by molar-refractivity contribution is 0.613. The highest BCUT2D eigenvalue weighted by molar-refractivity contribution is 5.78. The Bertz CT molecular complexity index is 490. The second kappa shape index (κ2) is 4.88. The van der Waals surface area contributed by atoms with Gasteiger partial charge in [-0.2, -0.15) is 0 Å². The van der Waals surface area contributed by atoms with Crippen LogP contribution >= 0.6 is 0 Å². The molecule has 0 atom stereocenters. The maximum Gasteiger partial charge on any atom is 0.110 e. The predicted molar refractivity (Wildman–Crippen MR) is 64.7 cm³/mol. The van der Waals surface area contributed by atoms with Crippen LogP contribution < -0.4 is 0 Å². The molecule has 1 aromatic carbocycles. The van der Waals surface area contributed by atoms with Crippen molar-refractivity contribution in [2.24, 2.45) is 5.18 Å². The third-order valence-corrected chi connectivity index (χ3v) is 2.71. The van der Waals surface area contributed by atoms with E-state index in [4.69, 9.17) is 0 Å². The van der Waals surface area contributed by atoms with Crippen molar-refractivity contribution in [3.05, 3.63) is 29.4 Å². The first-order valence-corrected chi connectivity index (χ1v) is 5.63. The minimum absolute atomic E-state index is 0.463. The van der Waals surface area contributed by atoms with E-state index in [0.717, 1.165) is 24.0 Å². The van der Waals surface area contributed by atoms with Crippen LogP contribution in [0.25, 0.3) is 11.0 Å². The molecule has 0 aliphatic carbocycles. The van der Waals surface area contributed by atoms with E-state index in [-0.39, 0.29) is 0 Å². The van der Waals surface area contributed by atoms with Gasteiger partial charge in [0, 0.05) is 6.54 Å². The molecule has 0 N–H and O–H groups in total. The molecule has 0 bridgehead atoms. The molecule has 4 nitrogen and oxygen atoms in total. The Morgan fingerprint density at radius 3 is 3.00 bits per heavy atom. The van der Waals surface area contributed by atoms with E-state index in [2.05, 4.69) is 21.7 Å². The molecule has 0 saturated heterocycles. The Labute approximate surface area is 94.3 Å². The Morgan fingerprint density at radius 2 is 2.25 bits per heavy atom. The average Bonchev–Trinajstić information content (AvgIpc) is 2.72. The van der Waals surface area contributed by atoms with Gasteiger partial charge in [0.15, 0.2) is 0 Å². The molecule has 0 saturated carbocycles. The van der Waals surface area contributed by atoms with Gasteiger partial charge in [0.1, 0.15) is 5.69 Å². The molecule has 4 heteroatoms. The number of benzene rings is 1. The lowest BCUT2D eigenvalue weighted by atomic mass is 10.2. The molecule has 0 spiro atoms. The maximum atomic E-state index is 10.5. The molecular weight excluding hydrogens is 202 g/mol. The first kappa shape index (κ1) is 10.8. The Kier molecular flexibility index (Phi) is 3.29. The van der Waals surface area contributed by atoms with Crippen molar-refractivity contribution in [3.63, 3.8) is 0 Å². The molecule has 0 fully saturated rings. The average molecular weight is 217 g/mol. The number of imidazole rings is 1. The summed E-state index contributed by atoms with van der Waals surface area (Å²) in [6, 6.07) is 5.32. The van der Waals surface area contributed by atoms with Crippen molar-refractivity contribution in [1.82, 2.24) is 9.55 Å². The van der Waals surface area contributed by atoms with Crippen molar-refractivity contribution in [1.29, 1.82) is 0 Å². The first-order valence-electron chi connectivity index (χ1n) is 5.63. The predicted octanol–water partition coefficient (Wildman–Crippen LogP) is 3.62. The van der Waals surface area contributed by atoms with Gasteiger partial charge >= 0.3 is 0 Å². The van der Waals surface area contributed by atoms with Gasteiger partial charge in [-0.1, -0.05) is 19.8 Å². The molecule has 1 aromatic heterocycles. The van der Waals surface area contributed by atoms with Crippen LogP contribution in [0.15, 0.2) is 29.7 Å². The zero-order chi connectivity index (χ0) is 11.4. The van der Waals surface area contributed by atoms with Gasteiger partial charge < -0.3 is 4.57 Å². The topological polar surface area (TPSA) is 47.2 Å². The van der Waals surface area contributed by atoms with Crippen LogP contribution in [0.4, 0.5) is 5.69 Å². The molecule has 2 rings (SSSR count). The van der Waals surface area contributed by atoms with Crippen LogP contribution in [0.3, 0.4) is 0 Å². The number of hydrogen-bond donors (Lipinski definition) is 0. The summed E-state index contributed by atoms with van der Waals surface area (Å²) in [5.74, 6) is 0. The van der Waals surface area contributed by atoms with Crippen molar-refractivity contribution in [2.45, 2.75) is 32.7 Å². The molecule has 1 heterocycles. The van der Waals surface area contributed by atoms with Crippen LogP contribution in [-0.4, -0.2) is 9.55 Å². The van der Waals surface area contributed by atoms with Crippen molar-refractivity contribution < 1.29 is 0 Å². The van der Waals surface area contributed by atoms with Gasteiger partial charge in [0.2, 0.25) is 0 Å². The normalized spacial score (nSPS) is 10.8. The second-order valence-electron chi connectivity index (χ2n) is 3.91. The molecule has 0 aliphatic rings. The molecule has 0 unspecified atom stereocenters. The van der Waals surface area contributed by atoms with Crippen LogP contribution in [0.5, 0.6) is 0 Å². The molecule has 0 radical (unpaired) electrons. The van der Waals surface area contributed by atoms with Gasteiger partial charge in [0.25, 0.3) is 0 Å². The van der Waals surface area contributed by atoms with E-state index >= 15 is 0 Å². The molecular formula is C12H15N3O. The van der Waals surface area contributed by atoms with Crippen LogP contribution in [0.2, 0.25) is 0 Å². The van der Waals surface area contributed by atoms with Gasteiger partial charge in [-0.3, -0.25) is 0 Å². The van der Waals surface area contributed by atoms with E-state index in [1.807, 2.05) is 12.4 Å². The largest absolute Gasteiger partial charge is 0.331 e. The maximum absolute atomic E-state index is 10.5. The van der Waals surface area contributed by atoms with Crippen molar-refractivity contribution >= 4 is 16.7 Å². The number of nitroso groups, excluding NO2 is 1. The quantitative estimate of drug-likeness (QED) is 0.567. The number of aryl methyl sites for hydroxylation is 1. The third-order valence-electron chi connectivity index (χ3n) is 2.71. The standard InChI is InChI=1S/C12H15N3O/c1-2-3-4-7-15-9-13-11-6-5-10(14-16)8-12(11)15/h5-6,8-9H,2-4,7H2,1H3. The number of fused-ring (bicyclic) bond motifs is 1. The fourth-order valence-corrected chi connectivity index (χ4v) is 1.81. The summed E-state index contributed by atoms with van der Waals surface area (Å²) in [5, 5.41) is 2.95. The number of hydrogen-bond acceptors (Lipinski definition) is 3. The van der Waals surface area contributed by atoms with Crippen molar-refractivity contribution in [2.75, 3.05) is 0 Å². The highest BCUT2D eigenvalue weighted by atomic mass is 16.3. The molecule has 0 aliphatic heterocycles. The highest BCUT2D eigenvalue weighted by Gasteiger charge is 2.03. The van der Waals surface area contributed by atoms with Crippen LogP contribution in [-0.2, 0) is 6.54 Å². The number of unbranched alkanes of at least 4 members (excludes halogenated alkanes) is 2. The zero-order valence-corrected chi connectivity index (χ0v) is 9.39. The summed E-state index contributed by atoms with van der Waals surface area (Å²) in [6.45, 7) is 3.13. The monoisotopic (exact) mass is 217 g/mol. The second-order valence-corrected chi connectivity index (χ2v) is 3.91. The fourth-order valence-electron chi connectivity index (χ4n) is 1.81. The Morgan fingerprint density at radius 1 is 1.38 bits per heavy atom. The summed E-state index contributed by atoms with van der Waals surface area (Å²) in [5.41, 5.74) is 2.38.